The number of hydrogen-bond donors (Lipinski definition) is 2. The van der Waals surface area contributed by atoms with E-state index in [-0.39, 0.29) is 18.7 Å². The number of rotatable bonds is 6. The van der Waals surface area contributed by atoms with Gasteiger partial charge in [0.1, 0.15) is 5.54 Å². The molecule has 3 rings (SSSR count). The van der Waals surface area contributed by atoms with E-state index in [0.717, 1.165) is 28.7 Å². The first kappa shape index (κ1) is 19.4. The Morgan fingerprint density at radius 2 is 2.00 bits per heavy atom. The average Bonchev–Trinajstić information content (AvgIpc) is 2.90. The average molecular weight is 374 g/mol. The van der Waals surface area contributed by atoms with Gasteiger partial charge in [-0.2, -0.15) is 0 Å². The Morgan fingerprint density at radius 1 is 1.30 bits per heavy atom. The summed E-state index contributed by atoms with van der Waals surface area (Å²) in [6.45, 7) is 6.07. The Balaban J connectivity index is 1.91. The maximum absolute atomic E-state index is 12.8. The molecule has 0 bridgehead atoms. The quantitative estimate of drug-likeness (QED) is 0.810. The molecule has 1 amide bonds. The normalized spacial score (nSPS) is 16.4. The van der Waals surface area contributed by atoms with Crippen molar-refractivity contribution in [3.05, 3.63) is 35.0 Å². The Labute approximate surface area is 158 Å². The molecule has 0 unspecified atom stereocenters. The molecule has 1 aromatic heterocycles. The van der Waals surface area contributed by atoms with Gasteiger partial charge in [0.15, 0.2) is 0 Å². The number of benzene rings is 1. The summed E-state index contributed by atoms with van der Waals surface area (Å²) >= 11 is 0. The molecule has 2 aromatic rings. The third-order valence-corrected chi connectivity index (χ3v) is 5.53. The molecule has 1 fully saturated rings. The summed E-state index contributed by atoms with van der Waals surface area (Å²) in [5.74, 6) is -1.39. The third kappa shape index (κ3) is 3.57. The van der Waals surface area contributed by atoms with Crippen molar-refractivity contribution in [2.45, 2.75) is 38.8 Å². The van der Waals surface area contributed by atoms with Crippen molar-refractivity contribution >= 4 is 22.8 Å². The van der Waals surface area contributed by atoms with Gasteiger partial charge in [-0.3, -0.25) is 4.79 Å². The van der Waals surface area contributed by atoms with Crippen LogP contribution in [0.1, 0.15) is 34.5 Å². The fraction of sp³-hybridized carbons (Fsp3) is 0.500. The minimum absolute atomic E-state index is 0.266. The number of nitrogens with zero attached hydrogens (tertiary/aromatic N) is 1. The summed E-state index contributed by atoms with van der Waals surface area (Å²) in [6, 6.07) is 5.50. The zero-order chi connectivity index (χ0) is 19.6. The second-order valence-corrected chi connectivity index (χ2v) is 7.04. The number of hydrogen-bond acceptors (Lipinski definition) is 4. The van der Waals surface area contributed by atoms with E-state index < -0.39 is 11.5 Å². The summed E-state index contributed by atoms with van der Waals surface area (Å²) < 4.78 is 12.6. The fourth-order valence-electron chi connectivity index (χ4n) is 3.66. The number of carboxylic acid groups (broad SMARTS) is 1. The molecule has 0 saturated carbocycles. The second-order valence-electron chi connectivity index (χ2n) is 7.04. The molecule has 146 valence electrons. The van der Waals surface area contributed by atoms with Gasteiger partial charge < -0.3 is 24.5 Å². The zero-order valence-electron chi connectivity index (χ0n) is 16.0. The van der Waals surface area contributed by atoms with E-state index in [4.69, 9.17) is 9.47 Å². The summed E-state index contributed by atoms with van der Waals surface area (Å²) in [5, 5.41) is 13.4. The predicted octanol–water partition coefficient (Wildman–Crippen LogP) is 2.27. The van der Waals surface area contributed by atoms with Gasteiger partial charge in [0, 0.05) is 61.9 Å². The molecule has 0 spiro atoms. The monoisotopic (exact) mass is 374 g/mol. The van der Waals surface area contributed by atoms with E-state index in [1.165, 1.54) is 0 Å². The van der Waals surface area contributed by atoms with Crippen LogP contribution in [-0.4, -0.2) is 54.0 Å². The maximum Gasteiger partial charge on any atom is 0.329 e. The Hall–Kier alpha value is -2.38. The molecule has 0 aliphatic carbocycles. The van der Waals surface area contributed by atoms with Crippen LogP contribution in [0.15, 0.2) is 18.2 Å². The number of carboxylic acids is 1. The lowest BCUT2D eigenvalue weighted by Crippen LogP contribution is -2.57. The molecular formula is C20H26N2O5. The lowest BCUT2D eigenvalue weighted by atomic mass is 9.89. The van der Waals surface area contributed by atoms with Crippen LogP contribution in [0, 0.1) is 13.8 Å². The van der Waals surface area contributed by atoms with Crippen molar-refractivity contribution in [2.24, 2.45) is 0 Å². The predicted molar refractivity (Wildman–Crippen MR) is 101 cm³/mol. The van der Waals surface area contributed by atoms with Crippen LogP contribution in [0.3, 0.4) is 0 Å². The summed E-state index contributed by atoms with van der Waals surface area (Å²) in [5.41, 5.74) is 2.47. The van der Waals surface area contributed by atoms with E-state index in [1.807, 2.05) is 26.0 Å². The number of aryl methyl sites for hydroxylation is 1. The van der Waals surface area contributed by atoms with Crippen LogP contribution < -0.4 is 5.32 Å². The SMILES string of the molecule is COCCn1c(C)c(C)c2cc(C(=O)NC3(C(=O)O)CCOCC3)ccc21. The lowest BCUT2D eigenvalue weighted by molar-refractivity contribution is -0.148. The van der Waals surface area contributed by atoms with Gasteiger partial charge in [-0.1, -0.05) is 0 Å². The number of carbonyl (C=O) groups is 2. The highest BCUT2D eigenvalue weighted by Gasteiger charge is 2.41. The third-order valence-electron chi connectivity index (χ3n) is 5.53. The number of ether oxygens (including phenoxy) is 2. The minimum Gasteiger partial charge on any atom is -0.480 e. The molecule has 2 heterocycles. The summed E-state index contributed by atoms with van der Waals surface area (Å²) in [4.78, 5) is 24.6. The van der Waals surface area contributed by atoms with Crippen molar-refractivity contribution in [3.8, 4) is 0 Å². The van der Waals surface area contributed by atoms with Crippen LogP contribution in [0.25, 0.3) is 10.9 Å². The summed E-state index contributed by atoms with van der Waals surface area (Å²) in [7, 11) is 1.67. The van der Waals surface area contributed by atoms with Crippen LogP contribution in [0.5, 0.6) is 0 Å². The van der Waals surface area contributed by atoms with Crippen molar-refractivity contribution < 1.29 is 24.2 Å². The number of amides is 1. The highest BCUT2D eigenvalue weighted by Crippen LogP contribution is 2.27. The molecule has 1 aliphatic heterocycles. The molecule has 0 radical (unpaired) electrons. The van der Waals surface area contributed by atoms with Crippen LogP contribution in [-0.2, 0) is 20.8 Å². The van der Waals surface area contributed by atoms with Crippen LogP contribution in [0.4, 0.5) is 0 Å². The van der Waals surface area contributed by atoms with Crippen LogP contribution in [0.2, 0.25) is 0 Å². The molecule has 2 N–H and O–H groups in total. The molecular weight excluding hydrogens is 348 g/mol. The summed E-state index contributed by atoms with van der Waals surface area (Å²) in [6.07, 6.45) is 0.531. The van der Waals surface area contributed by atoms with E-state index in [0.29, 0.717) is 25.4 Å². The van der Waals surface area contributed by atoms with E-state index in [2.05, 4.69) is 9.88 Å². The minimum atomic E-state index is -1.26. The second kappa shape index (κ2) is 7.70. The van der Waals surface area contributed by atoms with E-state index in [1.54, 1.807) is 13.2 Å². The van der Waals surface area contributed by atoms with Crippen molar-refractivity contribution in [2.75, 3.05) is 26.9 Å². The number of aliphatic carboxylic acids is 1. The van der Waals surface area contributed by atoms with Gasteiger partial charge in [-0.05, 0) is 37.6 Å². The fourth-order valence-corrected chi connectivity index (χ4v) is 3.66. The Morgan fingerprint density at radius 3 is 2.63 bits per heavy atom. The molecule has 27 heavy (non-hydrogen) atoms. The molecule has 7 nitrogen and oxygen atoms in total. The Kier molecular flexibility index (Phi) is 5.53. The zero-order valence-corrected chi connectivity index (χ0v) is 16.0. The van der Waals surface area contributed by atoms with Crippen molar-refractivity contribution in [1.82, 2.24) is 9.88 Å². The Bertz CT molecular complexity index is 865. The lowest BCUT2D eigenvalue weighted by Gasteiger charge is -2.33. The molecule has 7 heteroatoms. The van der Waals surface area contributed by atoms with E-state index >= 15 is 0 Å². The number of fused-ring (bicyclic) bond motifs is 1. The number of carbonyl (C=O) groups excluding carboxylic acids is 1. The number of methoxy groups -OCH3 is 1. The molecule has 1 aromatic carbocycles. The van der Waals surface area contributed by atoms with Gasteiger partial charge in [-0.15, -0.1) is 0 Å². The molecule has 1 saturated heterocycles. The maximum atomic E-state index is 12.8. The molecule has 1 aliphatic rings. The topological polar surface area (TPSA) is 89.8 Å². The van der Waals surface area contributed by atoms with Gasteiger partial charge >= 0.3 is 5.97 Å². The van der Waals surface area contributed by atoms with Gasteiger partial charge in [0.2, 0.25) is 0 Å². The van der Waals surface area contributed by atoms with E-state index in [9.17, 15) is 14.7 Å². The largest absolute Gasteiger partial charge is 0.480 e. The van der Waals surface area contributed by atoms with Gasteiger partial charge in [0.25, 0.3) is 5.91 Å². The smallest absolute Gasteiger partial charge is 0.329 e. The standard InChI is InChI=1S/C20H26N2O5/c1-13-14(2)22(8-11-26-3)17-5-4-15(12-16(13)17)18(23)21-20(19(24)25)6-9-27-10-7-20/h4-5,12H,6-11H2,1-3H3,(H,21,23)(H,24,25). The van der Waals surface area contributed by atoms with Crippen molar-refractivity contribution in [3.63, 3.8) is 0 Å². The highest BCUT2D eigenvalue weighted by molar-refractivity contribution is 6.01. The van der Waals surface area contributed by atoms with Crippen LogP contribution >= 0.6 is 0 Å². The first-order valence-electron chi connectivity index (χ1n) is 9.11. The highest BCUT2D eigenvalue weighted by atomic mass is 16.5. The van der Waals surface area contributed by atoms with Gasteiger partial charge in [-0.25, -0.2) is 4.79 Å². The number of aromatic nitrogens is 1. The first-order chi connectivity index (χ1) is 12.9. The number of nitrogens with one attached hydrogen (secondary N) is 1. The van der Waals surface area contributed by atoms with Gasteiger partial charge in [0.05, 0.1) is 6.61 Å². The first-order valence-corrected chi connectivity index (χ1v) is 9.11. The molecule has 0 atom stereocenters. The van der Waals surface area contributed by atoms with Crippen molar-refractivity contribution in [1.29, 1.82) is 0 Å².